The van der Waals surface area contributed by atoms with Crippen molar-refractivity contribution in [1.29, 1.82) is 0 Å². The first kappa shape index (κ1) is 21.4. The van der Waals surface area contributed by atoms with E-state index in [9.17, 15) is 9.18 Å². The minimum absolute atomic E-state index is 0.0204. The highest BCUT2D eigenvalue weighted by Crippen LogP contribution is 2.33. The first-order valence-electron chi connectivity index (χ1n) is 10.4. The summed E-state index contributed by atoms with van der Waals surface area (Å²) in [6, 6.07) is 19.6. The van der Waals surface area contributed by atoms with Crippen molar-refractivity contribution in [2.75, 3.05) is 11.9 Å². The molecule has 1 aromatic heterocycles. The molecule has 0 atom stereocenters. The molecule has 5 nitrogen and oxygen atoms in total. The number of benzene rings is 3. The smallest absolute Gasteiger partial charge is 0.262 e. The molecule has 0 unspecified atom stereocenters. The number of nitrogens with one attached hydrogen (secondary N) is 1. The van der Waals surface area contributed by atoms with Gasteiger partial charge in [0, 0.05) is 22.5 Å². The van der Waals surface area contributed by atoms with E-state index < -0.39 is 0 Å². The third-order valence-electron chi connectivity index (χ3n) is 5.29. The number of thiazole rings is 1. The lowest BCUT2D eigenvalue weighted by Crippen LogP contribution is -2.25. The van der Waals surface area contributed by atoms with Crippen LogP contribution in [0.5, 0.6) is 5.75 Å². The number of carbonyl (C=O) groups is 1. The van der Waals surface area contributed by atoms with E-state index in [1.807, 2.05) is 47.8 Å². The number of fused-ring (bicyclic) bond motifs is 1. The summed E-state index contributed by atoms with van der Waals surface area (Å²) in [5.74, 6) is 0.180. The lowest BCUT2D eigenvalue weighted by molar-refractivity contribution is -0.118. The Bertz CT molecular complexity index is 1380. The van der Waals surface area contributed by atoms with Crippen LogP contribution in [-0.2, 0) is 17.8 Å². The van der Waals surface area contributed by atoms with E-state index >= 15 is 0 Å². The maximum atomic E-state index is 13.3. The topological polar surface area (TPSA) is 55.6 Å². The first-order valence-corrected chi connectivity index (χ1v) is 11.6. The van der Waals surface area contributed by atoms with Crippen molar-refractivity contribution < 1.29 is 13.9 Å². The molecule has 0 saturated heterocycles. The second-order valence-corrected chi connectivity index (χ2v) is 8.84. The van der Waals surface area contributed by atoms with Crippen molar-refractivity contribution >= 4 is 40.2 Å². The molecule has 0 aliphatic carbocycles. The van der Waals surface area contributed by atoms with Gasteiger partial charge in [-0.15, -0.1) is 11.3 Å². The zero-order valence-corrected chi connectivity index (χ0v) is 19.0. The van der Waals surface area contributed by atoms with Gasteiger partial charge in [0.05, 0.1) is 17.1 Å². The Kier molecular flexibility index (Phi) is 5.98. The zero-order chi connectivity index (χ0) is 22.8. The van der Waals surface area contributed by atoms with Gasteiger partial charge < -0.3 is 14.6 Å². The molecule has 8 heteroatoms. The van der Waals surface area contributed by atoms with Gasteiger partial charge in [-0.3, -0.25) is 4.79 Å². The van der Waals surface area contributed by atoms with Crippen LogP contribution in [0.1, 0.15) is 5.56 Å². The van der Waals surface area contributed by atoms with Gasteiger partial charge in [0.25, 0.3) is 5.91 Å². The Morgan fingerprint density at radius 3 is 2.67 bits per heavy atom. The number of aryl methyl sites for hydroxylation is 1. The molecule has 4 aromatic rings. The van der Waals surface area contributed by atoms with Crippen molar-refractivity contribution in [3.05, 3.63) is 93.3 Å². The number of hydrogen-bond donors (Lipinski definition) is 1. The van der Waals surface area contributed by atoms with E-state index in [1.54, 1.807) is 12.1 Å². The normalized spacial score (nSPS) is 13.4. The number of carbonyl (C=O) groups excluding carboxylic acids is 1. The number of amides is 1. The Hall–Kier alpha value is -3.42. The van der Waals surface area contributed by atoms with Crippen molar-refractivity contribution in [2.24, 2.45) is 4.99 Å². The van der Waals surface area contributed by atoms with Crippen LogP contribution >= 0.6 is 22.9 Å². The van der Waals surface area contributed by atoms with E-state index in [2.05, 4.69) is 9.88 Å². The van der Waals surface area contributed by atoms with Crippen LogP contribution in [-0.4, -0.2) is 17.1 Å². The summed E-state index contributed by atoms with van der Waals surface area (Å²) >= 11 is 7.53. The van der Waals surface area contributed by atoms with Crippen LogP contribution in [0.4, 0.5) is 15.8 Å². The summed E-state index contributed by atoms with van der Waals surface area (Å²) in [4.78, 5) is 17.3. The van der Waals surface area contributed by atoms with Crippen molar-refractivity contribution in [3.63, 3.8) is 0 Å². The number of ether oxygens (including phenoxy) is 1. The molecule has 1 amide bonds. The Labute approximate surface area is 198 Å². The van der Waals surface area contributed by atoms with Gasteiger partial charge in [-0.1, -0.05) is 23.7 Å². The molecule has 2 heterocycles. The van der Waals surface area contributed by atoms with Gasteiger partial charge in [-0.2, -0.15) is 0 Å². The van der Waals surface area contributed by atoms with Gasteiger partial charge >= 0.3 is 0 Å². The number of halogens is 2. The lowest BCUT2D eigenvalue weighted by atomic mass is 10.1. The van der Waals surface area contributed by atoms with Crippen molar-refractivity contribution in [2.45, 2.75) is 13.0 Å². The number of aromatic nitrogens is 1. The predicted octanol–water partition coefficient (Wildman–Crippen LogP) is 5.82. The minimum Gasteiger partial charge on any atom is -0.482 e. The summed E-state index contributed by atoms with van der Waals surface area (Å²) in [6.45, 7) is 0.701. The van der Waals surface area contributed by atoms with Gasteiger partial charge in [0.15, 0.2) is 11.4 Å². The monoisotopic (exact) mass is 479 g/mol. The van der Waals surface area contributed by atoms with E-state index in [0.717, 1.165) is 28.0 Å². The fourth-order valence-electron chi connectivity index (χ4n) is 3.63. The van der Waals surface area contributed by atoms with E-state index in [-0.39, 0.29) is 18.3 Å². The molecule has 0 radical (unpaired) electrons. The highest BCUT2D eigenvalue weighted by atomic mass is 35.5. The minimum atomic E-state index is -0.297. The van der Waals surface area contributed by atoms with Gasteiger partial charge in [-0.25, -0.2) is 9.38 Å². The summed E-state index contributed by atoms with van der Waals surface area (Å²) < 4.78 is 21.0. The SMILES string of the molecule is O=C1COc2ccc(-c3csc(=Nc4ccc(F)cc4)n3CCc3ccc(Cl)cc3)cc2N1. The number of rotatable bonds is 5. The molecule has 0 fully saturated rings. The number of anilines is 1. The van der Waals surface area contributed by atoms with Crippen LogP contribution in [0, 0.1) is 5.82 Å². The molecule has 1 aliphatic rings. The average molecular weight is 480 g/mol. The molecular formula is C25H19ClFN3O2S. The first-order chi connectivity index (χ1) is 16.0. The molecule has 5 rings (SSSR count). The van der Waals surface area contributed by atoms with Gasteiger partial charge in [-0.05, 0) is 66.6 Å². The average Bonchev–Trinajstić information content (AvgIpc) is 3.22. The van der Waals surface area contributed by atoms with Gasteiger partial charge in [0.2, 0.25) is 0 Å². The third kappa shape index (κ3) is 4.84. The number of nitrogens with zero attached hydrogens (tertiary/aromatic N) is 2. The quantitative estimate of drug-likeness (QED) is 0.392. The highest BCUT2D eigenvalue weighted by molar-refractivity contribution is 7.07. The van der Waals surface area contributed by atoms with E-state index in [4.69, 9.17) is 21.3 Å². The van der Waals surface area contributed by atoms with Crippen molar-refractivity contribution in [3.8, 4) is 17.0 Å². The van der Waals surface area contributed by atoms with E-state index in [0.29, 0.717) is 28.7 Å². The van der Waals surface area contributed by atoms with Crippen LogP contribution in [0.3, 0.4) is 0 Å². The molecule has 1 aliphatic heterocycles. The third-order valence-corrected chi connectivity index (χ3v) is 6.41. The summed E-state index contributed by atoms with van der Waals surface area (Å²) in [5, 5.41) is 5.60. The molecule has 3 aromatic carbocycles. The summed E-state index contributed by atoms with van der Waals surface area (Å²) in [7, 11) is 0. The summed E-state index contributed by atoms with van der Waals surface area (Å²) in [6.07, 6.45) is 0.780. The fraction of sp³-hybridized carbons (Fsp3) is 0.120. The second kappa shape index (κ2) is 9.21. The Morgan fingerprint density at radius 2 is 1.88 bits per heavy atom. The van der Waals surface area contributed by atoms with Crippen LogP contribution in [0.2, 0.25) is 5.02 Å². The lowest BCUT2D eigenvalue weighted by Gasteiger charge is -2.19. The maximum absolute atomic E-state index is 13.3. The van der Waals surface area contributed by atoms with Gasteiger partial charge in [0.1, 0.15) is 11.6 Å². The standard InChI is InChI=1S/C25H19ClFN3O2S/c26-18-4-1-16(2-5-18)11-12-30-22(15-33-25(30)28-20-8-6-19(27)7-9-20)17-3-10-23-21(13-17)29-24(31)14-32-23/h1-10,13,15H,11-12,14H2,(H,29,31). The molecule has 33 heavy (non-hydrogen) atoms. The largest absolute Gasteiger partial charge is 0.482 e. The van der Waals surface area contributed by atoms with Crippen LogP contribution in [0.15, 0.2) is 77.1 Å². The fourth-order valence-corrected chi connectivity index (χ4v) is 4.71. The molecule has 1 N–H and O–H groups in total. The summed E-state index contributed by atoms with van der Waals surface area (Å²) in [5.41, 5.74) is 4.39. The molecule has 0 saturated carbocycles. The zero-order valence-electron chi connectivity index (χ0n) is 17.4. The molecular weight excluding hydrogens is 461 g/mol. The van der Waals surface area contributed by atoms with Crippen LogP contribution in [0.25, 0.3) is 11.3 Å². The predicted molar refractivity (Wildman–Crippen MR) is 129 cm³/mol. The van der Waals surface area contributed by atoms with Crippen molar-refractivity contribution in [1.82, 2.24) is 4.57 Å². The molecule has 0 spiro atoms. The molecule has 0 bridgehead atoms. The molecule has 166 valence electrons. The van der Waals surface area contributed by atoms with Crippen LogP contribution < -0.4 is 14.9 Å². The Morgan fingerprint density at radius 1 is 1.09 bits per heavy atom. The number of hydrogen-bond acceptors (Lipinski definition) is 4. The highest BCUT2D eigenvalue weighted by Gasteiger charge is 2.18. The van der Waals surface area contributed by atoms with E-state index in [1.165, 1.54) is 23.5 Å². The Balaban J connectivity index is 1.55. The maximum Gasteiger partial charge on any atom is 0.262 e. The second-order valence-electron chi connectivity index (χ2n) is 7.57.